The summed E-state index contributed by atoms with van der Waals surface area (Å²) in [5.74, 6) is 1.11. The van der Waals surface area contributed by atoms with Crippen LogP contribution in [0.25, 0.3) is 22.2 Å². The van der Waals surface area contributed by atoms with E-state index in [0.29, 0.717) is 11.4 Å². The topological polar surface area (TPSA) is 44.0 Å². The van der Waals surface area contributed by atoms with Crippen molar-refractivity contribution in [2.45, 2.75) is 25.3 Å². The molecule has 1 fully saturated rings. The molecule has 2 unspecified atom stereocenters. The zero-order valence-electron chi connectivity index (χ0n) is 15.4. The molecule has 4 nitrogen and oxygen atoms in total. The summed E-state index contributed by atoms with van der Waals surface area (Å²) < 4.78 is 0. The van der Waals surface area contributed by atoms with Crippen LogP contribution in [0.3, 0.4) is 0 Å². The third-order valence-electron chi connectivity index (χ3n) is 5.22. The molecular formula is C21H26N4S. The number of hydrogen-bond acceptors (Lipinski definition) is 4. The van der Waals surface area contributed by atoms with Crippen molar-refractivity contribution < 1.29 is 0 Å². The van der Waals surface area contributed by atoms with Crippen molar-refractivity contribution in [2.75, 3.05) is 25.4 Å². The maximum Gasteiger partial charge on any atom is 0.137 e. The van der Waals surface area contributed by atoms with Gasteiger partial charge in [0.1, 0.15) is 5.65 Å². The van der Waals surface area contributed by atoms with Gasteiger partial charge < -0.3 is 9.88 Å². The molecule has 0 spiro atoms. The summed E-state index contributed by atoms with van der Waals surface area (Å²) in [5.41, 5.74) is 4.69. The number of H-pyrrole nitrogens is 1. The number of pyridine rings is 1. The first-order valence-corrected chi connectivity index (χ1v) is 10.5. The lowest BCUT2D eigenvalue weighted by atomic mass is 10.0. The smallest absolute Gasteiger partial charge is 0.137 e. The molecule has 1 aliphatic rings. The molecule has 0 saturated carbocycles. The van der Waals surface area contributed by atoms with Gasteiger partial charge in [-0.1, -0.05) is 44.2 Å². The fraction of sp³-hybridized carbons (Fsp3) is 0.381. The molecule has 0 radical (unpaired) electrons. The standard InChI is InChI=1S/C21H26N4S/c1-3-25(4-2)13-20-24-19(14-26-20)18-12-23-21-17(18)10-16(11-22-21)15-8-6-5-7-9-15/h5-12,19-20,24H,3-4,13-14H2,1-2H3,(H,22,23). The lowest BCUT2D eigenvalue weighted by Crippen LogP contribution is -2.36. The van der Waals surface area contributed by atoms with E-state index in [1.165, 1.54) is 22.1 Å². The third kappa shape index (κ3) is 3.52. The second-order valence-corrected chi connectivity index (χ2v) is 7.99. The summed E-state index contributed by atoms with van der Waals surface area (Å²) in [7, 11) is 0. The zero-order valence-corrected chi connectivity index (χ0v) is 16.2. The van der Waals surface area contributed by atoms with E-state index in [2.05, 4.69) is 70.6 Å². The van der Waals surface area contributed by atoms with Crippen LogP contribution >= 0.6 is 11.8 Å². The predicted molar refractivity (Wildman–Crippen MR) is 111 cm³/mol. The summed E-state index contributed by atoms with van der Waals surface area (Å²) in [6.07, 6.45) is 4.09. The molecule has 2 N–H and O–H groups in total. The summed E-state index contributed by atoms with van der Waals surface area (Å²) in [5, 5.41) is 5.54. The van der Waals surface area contributed by atoms with E-state index in [1.807, 2.05) is 24.0 Å². The Morgan fingerprint density at radius 2 is 1.96 bits per heavy atom. The summed E-state index contributed by atoms with van der Waals surface area (Å²) in [4.78, 5) is 10.5. The molecule has 3 aromatic rings. The van der Waals surface area contributed by atoms with Crippen LogP contribution in [0, 0.1) is 0 Å². The highest BCUT2D eigenvalue weighted by Gasteiger charge is 2.28. The third-order valence-corrected chi connectivity index (χ3v) is 6.43. The molecule has 1 aliphatic heterocycles. The van der Waals surface area contributed by atoms with Gasteiger partial charge in [-0.2, -0.15) is 0 Å². The Balaban J connectivity index is 1.57. The largest absolute Gasteiger partial charge is 0.346 e. The number of aromatic amines is 1. The van der Waals surface area contributed by atoms with E-state index in [0.717, 1.165) is 31.0 Å². The Morgan fingerprint density at radius 3 is 2.73 bits per heavy atom. The number of nitrogens with one attached hydrogen (secondary N) is 2. The summed E-state index contributed by atoms with van der Waals surface area (Å²) in [6.45, 7) is 7.78. The van der Waals surface area contributed by atoms with Crippen LogP contribution in [0.1, 0.15) is 25.5 Å². The minimum absolute atomic E-state index is 0.377. The minimum atomic E-state index is 0.377. The molecule has 4 rings (SSSR count). The quantitative estimate of drug-likeness (QED) is 0.684. The maximum atomic E-state index is 4.65. The molecular weight excluding hydrogens is 340 g/mol. The average Bonchev–Trinajstić information content (AvgIpc) is 3.32. The average molecular weight is 367 g/mol. The van der Waals surface area contributed by atoms with Gasteiger partial charge in [-0.15, -0.1) is 11.8 Å². The van der Waals surface area contributed by atoms with Crippen LogP contribution in [-0.4, -0.2) is 45.6 Å². The number of aromatic nitrogens is 2. The van der Waals surface area contributed by atoms with Crippen molar-refractivity contribution in [1.82, 2.24) is 20.2 Å². The number of likely N-dealkylation sites (N-methyl/N-ethyl adjacent to an activating group) is 1. The van der Waals surface area contributed by atoms with Gasteiger partial charge in [0.25, 0.3) is 0 Å². The van der Waals surface area contributed by atoms with Crippen LogP contribution in [0.5, 0.6) is 0 Å². The number of benzene rings is 1. The number of nitrogens with zero attached hydrogens (tertiary/aromatic N) is 2. The van der Waals surface area contributed by atoms with Crippen molar-refractivity contribution in [2.24, 2.45) is 0 Å². The zero-order chi connectivity index (χ0) is 17.9. The number of rotatable bonds is 6. The van der Waals surface area contributed by atoms with Crippen molar-refractivity contribution >= 4 is 22.8 Å². The number of fused-ring (bicyclic) bond motifs is 1. The highest BCUT2D eigenvalue weighted by atomic mass is 32.2. The second-order valence-electron chi connectivity index (χ2n) is 6.76. The minimum Gasteiger partial charge on any atom is -0.346 e. The fourth-order valence-electron chi connectivity index (χ4n) is 3.63. The van der Waals surface area contributed by atoms with Crippen LogP contribution in [0.2, 0.25) is 0 Å². The first kappa shape index (κ1) is 17.6. The van der Waals surface area contributed by atoms with E-state index < -0.39 is 0 Å². The van der Waals surface area contributed by atoms with Gasteiger partial charge in [-0.25, -0.2) is 4.98 Å². The molecule has 0 aliphatic carbocycles. The molecule has 1 aromatic carbocycles. The van der Waals surface area contributed by atoms with Gasteiger partial charge in [0.2, 0.25) is 0 Å². The van der Waals surface area contributed by atoms with Crippen molar-refractivity contribution in [3.05, 3.63) is 54.4 Å². The molecule has 0 amide bonds. The SMILES string of the molecule is CCN(CC)CC1NC(c2c[nH]c3ncc(-c4ccccc4)cc23)CS1. The van der Waals surface area contributed by atoms with E-state index in [1.54, 1.807) is 0 Å². The maximum absolute atomic E-state index is 4.65. The molecule has 5 heteroatoms. The Kier molecular flexibility index (Phi) is 5.29. The number of thioether (sulfide) groups is 1. The van der Waals surface area contributed by atoms with E-state index in [-0.39, 0.29) is 0 Å². The highest BCUT2D eigenvalue weighted by molar-refractivity contribution is 8.00. The van der Waals surface area contributed by atoms with Gasteiger partial charge in [-0.3, -0.25) is 5.32 Å². The molecule has 136 valence electrons. The molecule has 1 saturated heterocycles. The Morgan fingerprint density at radius 1 is 1.15 bits per heavy atom. The second kappa shape index (κ2) is 7.82. The monoisotopic (exact) mass is 366 g/mol. The van der Waals surface area contributed by atoms with Gasteiger partial charge >= 0.3 is 0 Å². The lowest BCUT2D eigenvalue weighted by Gasteiger charge is -2.22. The van der Waals surface area contributed by atoms with Crippen molar-refractivity contribution in [3.8, 4) is 11.1 Å². The Labute approximate surface area is 159 Å². The van der Waals surface area contributed by atoms with Crippen LogP contribution in [0.15, 0.2) is 48.8 Å². The highest BCUT2D eigenvalue weighted by Crippen LogP contribution is 2.34. The molecule has 2 aromatic heterocycles. The molecule has 26 heavy (non-hydrogen) atoms. The van der Waals surface area contributed by atoms with Crippen LogP contribution in [-0.2, 0) is 0 Å². The van der Waals surface area contributed by atoms with Crippen LogP contribution in [0.4, 0.5) is 0 Å². The fourth-order valence-corrected chi connectivity index (χ4v) is 4.91. The first-order valence-electron chi connectivity index (χ1n) is 9.41. The van der Waals surface area contributed by atoms with Crippen molar-refractivity contribution in [1.29, 1.82) is 0 Å². The molecule has 3 heterocycles. The normalized spacial score (nSPS) is 20.3. The van der Waals surface area contributed by atoms with Crippen molar-refractivity contribution in [3.63, 3.8) is 0 Å². The van der Waals surface area contributed by atoms with Crippen LogP contribution < -0.4 is 5.32 Å². The number of hydrogen-bond donors (Lipinski definition) is 2. The van der Waals surface area contributed by atoms with E-state index in [4.69, 9.17) is 0 Å². The van der Waals surface area contributed by atoms with Gasteiger partial charge in [0.05, 0.1) is 5.37 Å². The van der Waals surface area contributed by atoms with Gasteiger partial charge in [-0.05, 0) is 30.3 Å². The first-order chi connectivity index (χ1) is 12.8. The molecule has 0 bridgehead atoms. The summed E-state index contributed by atoms with van der Waals surface area (Å²) in [6, 6.07) is 13.1. The Hall–Kier alpha value is -1.82. The van der Waals surface area contributed by atoms with E-state index in [9.17, 15) is 0 Å². The van der Waals surface area contributed by atoms with Gasteiger partial charge in [0.15, 0.2) is 0 Å². The lowest BCUT2D eigenvalue weighted by molar-refractivity contribution is 0.292. The Bertz CT molecular complexity index is 857. The summed E-state index contributed by atoms with van der Waals surface area (Å²) >= 11 is 2.03. The molecule has 2 atom stereocenters. The van der Waals surface area contributed by atoms with E-state index >= 15 is 0 Å². The van der Waals surface area contributed by atoms with Gasteiger partial charge in [0, 0.05) is 41.7 Å². The predicted octanol–water partition coefficient (Wildman–Crippen LogP) is 4.28.